The standard InChI is InChI=1S/C13H18ClN3OS/c1-8-9(2)19-5-4-17(8)13(18)10-6-11(14)16-12(7-10)15-3/h6-9H,4-5H2,1-3H3,(H,15,16). The predicted octanol–water partition coefficient (Wildman–Crippen LogP) is 2.74. The van der Waals surface area contributed by atoms with Gasteiger partial charge in [0.25, 0.3) is 5.91 Å². The van der Waals surface area contributed by atoms with Gasteiger partial charge >= 0.3 is 0 Å². The van der Waals surface area contributed by atoms with E-state index in [0.29, 0.717) is 21.8 Å². The van der Waals surface area contributed by atoms with Crippen LogP contribution in [0.15, 0.2) is 12.1 Å². The number of aromatic nitrogens is 1. The van der Waals surface area contributed by atoms with Crippen LogP contribution in [0.4, 0.5) is 5.82 Å². The van der Waals surface area contributed by atoms with Crippen molar-refractivity contribution in [2.45, 2.75) is 25.1 Å². The summed E-state index contributed by atoms with van der Waals surface area (Å²) in [7, 11) is 1.76. The van der Waals surface area contributed by atoms with Crippen LogP contribution >= 0.6 is 23.4 Å². The number of hydrogen-bond donors (Lipinski definition) is 1. The van der Waals surface area contributed by atoms with Crippen molar-refractivity contribution < 1.29 is 4.79 Å². The molecule has 4 nitrogen and oxygen atoms in total. The van der Waals surface area contributed by atoms with Gasteiger partial charge in [-0.05, 0) is 19.1 Å². The van der Waals surface area contributed by atoms with E-state index in [9.17, 15) is 4.79 Å². The van der Waals surface area contributed by atoms with Crippen molar-refractivity contribution in [3.05, 3.63) is 22.8 Å². The molecule has 0 bridgehead atoms. The number of hydrogen-bond acceptors (Lipinski definition) is 4. The van der Waals surface area contributed by atoms with Crippen molar-refractivity contribution in [1.29, 1.82) is 0 Å². The molecule has 2 atom stereocenters. The van der Waals surface area contributed by atoms with Crippen LogP contribution in [-0.4, -0.2) is 46.4 Å². The lowest BCUT2D eigenvalue weighted by atomic mass is 10.1. The summed E-state index contributed by atoms with van der Waals surface area (Å²) in [5, 5.41) is 3.71. The molecule has 2 unspecified atom stereocenters. The van der Waals surface area contributed by atoms with E-state index < -0.39 is 0 Å². The van der Waals surface area contributed by atoms with E-state index >= 15 is 0 Å². The van der Waals surface area contributed by atoms with Crippen molar-refractivity contribution in [3.8, 4) is 0 Å². The summed E-state index contributed by atoms with van der Waals surface area (Å²) in [6.45, 7) is 5.04. The van der Waals surface area contributed by atoms with E-state index in [2.05, 4.69) is 24.1 Å². The summed E-state index contributed by atoms with van der Waals surface area (Å²) >= 11 is 7.86. The van der Waals surface area contributed by atoms with E-state index in [1.54, 1.807) is 19.2 Å². The molecule has 1 fully saturated rings. The highest BCUT2D eigenvalue weighted by Crippen LogP contribution is 2.26. The Balaban J connectivity index is 2.25. The van der Waals surface area contributed by atoms with Crippen LogP contribution in [-0.2, 0) is 0 Å². The van der Waals surface area contributed by atoms with E-state index in [1.165, 1.54) is 0 Å². The molecule has 1 aliphatic rings. The maximum absolute atomic E-state index is 12.6. The zero-order valence-corrected chi connectivity index (χ0v) is 12.9. The molecular weight excluding hydrogens is 282 g/mol. The average molecular weight is 300 g/mol. The second kappa shape index (κ2) is 6.01. The van der Waals surface area contributed by atoms with Crippen molar-refractivity contribution >= 4 is 35.1 Å². The Hall–Kier alpha value is -0.940. The Morgan fingerprint density at radius 1 is 1.53 bits per heavy atom. The van der Waals surface area contributed by atoms with Gasteiger partial charge in [-0.1, -0.05) is 18.5 Å². The molecule has 0 saturated carbocycles. The maximum atomic E-state index is 12.6. The number of rotatable bonds is 2. The Kier molecular flexibility index (Phi) is 4.58. The highest BCUT2D eigenvalue weighted by atomic mass is 35.5. The molecule has 2 heterocycles. The first-order chi connectivity index (χ1) is 9.02. The fourth-order valence-electron chi connectivity index (χ4n) is 2.13. The Morgan fingerprint density at radius 3 is 2.95 bits per heavy atom. The second-order valence-corrected chi connectivity index (χ2v) is 6.50. The SMILES string of the molecule is CNc1cc(C(=O)N2CCSC(C)C2C)cc(Cl)n1. The van der Waals surface area contributed by atoms with Crippen molar-refractivity contribution in [2.24, 2.45) is 0 Å². The zero-order chi connectivity index (χ0) is 14.0. The number of pyridine rings is 1. The summed E-state index contributed by atoms with van der Waals surface area (Å²) in [4.78, 5) is 18.6. The topological polar surface area (TPSA) is 45.2 Å². The van der Waals surface area contributed by atoms with E-state index in [-0.39, 0.29) is 11.9 Å². The lowest BCUT2D eigenvalue weighted by molar-refractivity contribution is 0.0698. The monoisotopic (exact) mass is 299 g/mol. The van der Waals surface area contributed by atoms with E-state index in [1.807, 2.05) is 16.7 Å². The zero-order valence-electron chi connectivity index (χ0n) is 11.3. The van der Waals surface area contributed by atoms with E-state index in [4.69, 9.17) is 11.6 Å². The fourth-order valence-corrected chi connectivity index (χ4v) is 3.44. The van der Waals surface area contributed by atoms with Gasteiger partial charge in [0.1, 0.15) is 11.0 Å². The highest BCUT2D eigenvalue weighted by molar-refractivity contribution is 8.00. The second-order valence-electron chi connectivity index (χ2n) is 4.63. The van der Waals surface area contributed by atoms with Crippen molar-refractivity contribution in [3.63, 3.8) is 0 Å². The molecule has 0 aromatic carbocycles. The van der Waals surface area contributed by atoms with Crippen LogP contribution < -0.4 is 5.32 Å². The van der Waals surface area contributed by atoms with Gasteiger partial charge < -0.3 is 10.2 Å². The molecule has 1 aromatic heterocycles. The fraction of sp³-hybridized carbons (Fsp3) is 0.538. The predicted molar refractivity (Wildman–Crippen MR) is 81.2 cm³/mol. The van der Waals surface area contributed by atoms with Gasteiger partial charge in [0.2, 0.25) is 0 Å². The smallest absolute Gasteiger partial charge is 0.254 e. The van der Waals surface area contributed by atoms with Gasteiger partial charge in [-0.2, -0.15) is 11.8 Å². The first-order valence-corrected chi connectivity index (χ1v) is 7.73. The van der Waals surface area contributed by atoms with Crippen LogP contribution in [0.5, 0.6) is 0 Å². The van der Waals surface area contributed by atoms with Crippen molar-refractivity contribution in [1.82, 2.24) is 9.88 Å². The number of amides is 1. The lowest BCUT2D eigenvalue weighted by Gasteiger charge is -2.37. The first-order valence-electron chi connectivity index (χ1n) is 6.31. The normalized spacial score (nSPS) is 23.3. The van der Waals surface area contributed by atoms with Gasteiger partial charge in [0, 0.05) is 36.2 Å². The third-order valence-electron chi connectivity index (χ3n) is 3.44. The van der Waals surface area contributed by atoms with Gasteiger partial charge in [0.05, 0.1) is 0 Å². The number of carbonyl (C=O) groups is 1. The molecular formula is C13H18ClN3OS. The summed E-state index contributed by atoms with van der Waals surface area (Å²) in [5.74, 6) is 1.62. The van der Waals surface area contributed by atoms with Crippen LogP contribution in [0.25, 0.3) is 0 Å². The molecule has 1 saturated heterocycles. The highest BCUT2D eigenvalue weighted by Gasteiger charge is 2.29. The Morgan fingerprint density at radius 2 is 2.26 bits per heavy atom. The van der Waals surface area contributed by atoms with Gasteiger partial charge in [-0.25, -0.2) is 4.98 Å². The molecule has 1 aliphatic heterocycles. The summed E-state index contributed by atoms with van der Waals surface area (Å²) in [6.07, 6.45) is 0. The molecule has 1 amide bonds. The lowest BCUT2D eigenvalue weighted by Crippen LogP contribution is -2.48. The minimum Gasteiger partial charge on any atom is -0.373 e. The third-order valence-corrected chi connectivity index (χ3v) is 4.97. The van der Waals surface area contributed by atoms with Crippen molar-refractivity contribution in [2.75, 3.05) is 24.7 Å². The molecule has 2 rings (SSSR count). The summed E-state index contributed by atoms with van der Waals surface area (Å²) < 4.78 is 0. The minimum atomic E-state index is 0.0282. The summed E-state index contributed by atoms with van der Waals surface area (Å²) in [6, 6.07) is 3.60. The average Bonchev–Trinajstić information content (AvgIpc) is 2.40. The van der Waals surface area contributed by atoms with Crippen LogP contribution in [0, 0.1) is 0 Å². The Labute approximate surface area is 122 Å². The largest absolute Gasteiger partial charge is 0.373 e. The van der Waals surface area contributed by atoms with Gasteiger partial charge in [-0.3, -0.25) is 4.79 Å². The number of halogens is 1. The molecule has 0 aliphatic carbocycles. The van der Waals surface area contributed by atoms with E-state index in [0.717, 1.165) is 12.3 Å². The quantitative estimate of drug-likeness (QED) is 0.853. The summed E-state index contributed by atoms with van der Waals surface area (Å²) in [5.41, 5.74) is 0.593. The third kappa shape index (κ3) is 3.15. The molecule has 0 spiro atoms. The van der Waals surface area contributed by atoms with Crippen LogP contribution in [0.2, 0.25) is 5.15 Å². The number of nitrogens with one attached hydrogen (secondary N) is 1. The number of carbonyl (C=O) groups excluding carboxylic acids is 1. The number of nitrogens with zero attached hydrogens (tertiary/aromatic N) is 2. The molecule has 19 heavy (non-hydrogen) atoms. The van der Waals surface area contributed by atoms with Gasteiger partial charge in [-0.15, -0.1) is 0 Å². The molecule has 6 heteroatoms. The molecule has 104 valence electrons. The van der Waals surface area contributed by atoms with Crippen LogP contribution in [0.3, 0.4) is 0 Å². The Bertz CT molecular complexity index is 483. The minimum absolute atomic E-state index is 0.0282. The van der Waals surface area contributed by atoms with Crippen LogP contribution in [0.1, 0.15) is 24.2 Å². The first kappa shape index (κ1) is 14.5. The van der Waals surface area contributed by atoms with Gasteiger partial charge in [0.15, 0.2) is 0 Å². The number of anilines is 1. The molecule has 1 N–H and O–H groups in total. The maximum Gasteiger partial charge on any atom is 0.254 e. The molecule has 1 aromatic rings. The molecule has 0 radical (unpaired) electrons. The number of thioether (sulfide) groups is 1.